The second-order valence-corrected chi connectivity index (χ2v) is 2.10. The Bertz CT molecular complexity index is 60.7. The fraction of sp³-hybridized carbons (Fsp3) is 1.00. The number of nitrogens with one attached hydrogen (secondary N) is 2. The van der Waals surface area contributed by atoms with Gasteiger partial charge in [-0.2, -0.15) is 0 Å². The highest BCUT2D eigenvalue weighted by Crippen LogP contribution is 1.87. The van der Waals surface area contributed by atoms with Crippen molar-refractivity contribution in [1.82, 2.24) is 10.6 Å². The topological polar surface area (TPSA) is 50.1 Å². The maximum atomic E-state index is 5.27. The van der Waals surface area contributed by atoms with Gasteiger partial charge < -0.3 is 16.4 Å². The van der Waals surface area contributed by atoms with Crippen LogP contribution in [-0.2, 0) is 0 Å². The molecule has 1 heterocycles. The summed E-state index contributed by atoms with van der Waals surface area (Å²) in [5.41, 5.74) is 5.27. The molecule has 0 spiro atoms. The maximum absolute atomic E-state index is 5.27. The highest BCUT2D eigenvalue weighted by atomic mass is 15.1. The van der Waals surface area contributed by atoms with Crippen LogP contribution in [0.3, 0.4) is 0 Å². The Morgan fingerprint density at radius 2 is 2.38 bits per heavy atom. The molecule has 48 valence electrons. The van der Waals surface area contributed by atoms with Crippen LogP contribution in [0.2, 0.25) is 0 Å². The number of nitrogens with two attached hydrogens (primary N) is 1. The summed E-state index contributed by atoms with van der Waals surface area (Å²) in [6, 6.07) is 0.693. The molecular weight excluding hydrogens is 102 g/mol. The Balaban J connectivity index is 1.86. The molecule has 1 aliphatic rings. The van der Waals surface area contributed by atoms with E-state index in [-0.39, 0.29) is 0 Å². The molecule has 0 bridgehead atoms. The van der Waals surface area contributed by atoms with Crippen LogP contribution in [0.15, 0.2) is 0 Å². The first-order chi connectivity index (χ1) is 3.93. The van der Waals surface area contributed by atoms with Gasteiger partial charge in [-0.15, -0.1) is 0 Å². The average molecular weight is 115 g/mol. The lowest BCUT2D eigenvalue weighted by molar-refractivity contribution is 0.371. The molecule has 0 aromatic heterocycles. The molecule has 0 saturated carbocycles. The van der Waals surface area contributed by atoms with Gasteiger partial charge in [0.05, 0.1) is 0 Å². The van der Waals surface area contributed by atoms with Crippen molar-refractivity contribution in [3.8, 4) is 0 Å². The fourth-order valence-electron chi connectivity index (χ4n) is 0.720. The molecule has 0 radical (unpaired) electrons. The Morgan fingerprint density at radius 1 is 1.62 bits per heavy atom. The monoisotopic (exact) mass is 115 g/mol. The molecule has 1 rings (SSSR count). The quantitative estimate of drug-likeness (QED) is 0.420. The van der Waals surface area contributed by atoms with E-state index >= 15 is 0 Å². The van der Waals surface area contributed by atoms with Gasteiger partial charge in [0, 0.05) is 32.2 Å². The number of rotatable bonds is 3. The zero-order chi connectivity index (χ0) is 5.82. The highest BCUT2D eigenvalue weighted by molar-refractivity contribution is 4.80. The largest absolute Gasteiger partial charge is 0.329 e. The molecule has 4 N–H and O–H groups in total. The molecule has 8 heavy (non-hydrogen) atoms. The Labute approximate surface area is 49.6 Å². The minimum absolute atomic E-state index is 0.693. The summed E-state index contributed by atoms with van der Waals surface area (Å²) in [6.07, 6.45) is 0. The van der Waals surface area contributed by atoms with E-state index in [9.17, 15) is 0 Å². The van der Waals surface area contributed by atoms with Gasteiger partial charge in [-0.05, 0) is 0 Å². The summed E-state index contributed by atoms with van der Waals surface area (Å²) in [4.78, 5) is 0. The smallest absolute Gasteiger partial charge is 0.0318 e. The second-order valence-electron chi connectivity index (χ2n) is 2.10. The first kappa shape index (κ1) is 6.01. The molecular formula is C5H13N3. The predicted octanol–water partition coefficient (Wildman–Crippen LogP) is -1.49. The first-order valence-corrected chi connectivity index (χ1v) is 3.07. The third-order valence-corrected chi connectivity index (χ3v) is 1.36. The van der Waals surface area contributed by atoms with Gasteiger partial charge in [-0.1, -0.05) is 0 Å². The van der Waals surface area contributed by atoms with Crippen LogP contribution >= 0.6 is 0 Å². The molecule has 0 amide bonds. The van der Waals surface area contributed by atoms with Crippen molar-refractivity contribution in [2.24, 2.45) is 5.73 Å². The molecule has 1 aliphatic heterocycles. The summed E-state index contributed by atoms with van der Waals surface area (Å²) in [5, 5.41) is 6.45. The molecule has 0 aliphatic carbocycles. The molecule has 0 unspecified atom stereocenters. The normalized spacial score (nSPS) is 20.6. The lowest BCUT2D eigenvalue weighted by Gasteiger charge is -2.27. The summed E-state index contributed by atoms with van der Waals surface area (Å²) < 4.78 is 0. The summed E-state index contributed by atoms with van der Waals surface area (Å²) in [7, 11) is 0. The van der Waals surface area contributed by atoms with Gasteiger partial charge in [0.25, 0.3) is 0 Å². The summed E-state index contributed by atoms with van der Waals surface area (Å²) in [5.74, 6) is 0. The van der Waals surface area contributed by atoms with Crippen molar-refractivity contribution >= 4 is 0 Å². The third-order valence-electron chi connectivity index (χ3n) is 1.36. The Kier molecular flexibility index (Phi) is 2.27. The van der Waals surface area contributed by atoms with Gasteiger partial charge in [0.1, 0.15) is 0 Å². The van der Waals surface area contributed by atoms with Crippen molar-refractivity contribution in [2.75, 3.05) is 26.2 Å². The SMILES string of the molecule is NCCNC1CNC1. The predicted molar refractivity (Wildman–Crippen MR) is 33.7 cm³/mol. The fourth-order valence-corrected chi connectivity index (χ4v) is 0.720. The van der Waals surface area contributed by atoms with Crippen molar-refractivity contribution in [2.45, 2.75) is 6.04 Å². The summed E-state index contributed by atoms with van der Waals surface area (Å²) in [6.45, 7) is 3.92. The van der Waals surface area contributed by atoms with E-state index in [0.717, 1.165) is 26.2 Å². The van der Waals surface area contributed by atoms with E-state index in [1.165, 1.54) is 0 Å². The van der Waals surface area contributed by atoms with Crippen LogP contribution in [0.4, 0.5) is 0 Å². The zero-order valence-corrected chi connectivity index (χ0v) is 4.98. The van der Waals surface area contributed by atoms with Gasteiger partial charge in [-0.25, -0.2) is 0 Å². The van der Waals surface area contributed by atoms with Crippen LogP contribution in [0.1, 0.15) is 0 Å². The van der Waals surface area contributed by atoms with Gasteiger partial charge in [-0.3, -0.25) is 0 Å². The lowest BCUT2D eigenvalue weighted by atomic mass is 10.2. The van der Waals surface area contributed by atoms with Crippen LogP contribution in [0, 0.1) is 0 Å². The van der Waals surface area contributed by atoms with Crippen LogP contribution < -0.4 is 16.4 Å². The standard InChI is InChI=1S/C5H13N3/c6-1-2-8-5-3-7-4-5/h5,7-8H,1-4,6H2. The first-order valence-electron chi connectivity index (χ1n) is 3.07. The third kappa shape index (κ3) is 1.43. The molecule has 0 atom stereocenters. The Morgan fingerprint density at radius 3 is 2.75 bits per heavy atom. The molecule has 1 saturated heterocycles. The van der Waals surface area contributed by atoms with E-state index in [2.05, 4.69) is 10.6 Å². The van der Waals surface area contributed by atoms with Crippen LogP contribution in [0.5, 0.6) is 0 Å². The molecule has 3 nitrogen and oxygen atoms in total. The number of hydrogen-bond donors (Lipinski definition) is 3. The molecule has 0 aromatic carbocycles. The zero-order valence-electron chi connectivity index (χ0n) is 4.98. The molecule has 1 fully saturated rings. The van der Waals surface area contributed by atoms with Crippen molar-refractivity contribution in [1.29, 1.82) is 0 Å². The van der Waals surface area contributed by atoms with Gasteiger partial charge in [0.15, 0.2) is 0 Å². The molecule has 3 heteroatoms. The number of hydrogen-bond acceptors (Lipinski definition) is 3. The van der Waals surface area contributed by atoms with E-state index in [1.54, 1.807) is 0 Å². The van der Waals surface area contributed by atoms with E-state index < -0.39 is 0 Å². The minimum Gasteiger partial charge on any atom is -0.329 e. The van der Waals surface area contributed by atoms with Crippen molar-refractivity contribution in [3.63, 3.8) is 0 Å². The minimum atomic E-state index is 0.693. The van der Waals surface area contributed by atoms with Crippen LogP contribution in [0.25, 0.3) is 0 Å². The lowest BCUT2D eigenvalue weighted by Crippen LogP contribution is -2.56. The highest BCUT2D eigenvalue weighted by Gasteiger charge is 2.13. The maximum Gasteiger partial charge on any atom is 0.0318 e. The van der Waals surface area contributed by atoms with E-state index in [0.29, 0.717) is 6.04 Å². The van der Waals surface area contributed by atoms with Crippen molar-refractivity contribution < 1.29 is 0 Å². The van der Waals surface area contributed by atoms with Gasteiger partial charge >= 0.3 is 0 Å². The van der Waals surface area contributed by atoms with Gasteiger partial charge in [0.2, 0.25) is 0 Å². The average Bonchev–Trinajstić information content (AvgIpc) is 1.63. The summed E-state index contributed by atoms with van der Waals surface area (Å²) >= 11 is 0. The van der Waals surface area contributed by atoms with Crippen molar-refractivity contribution in [3.05, 3.63) is 0 Å². The van der Waals surface area contributed by atoms with E-state index in [1.807, 2.05) is 0 Å². The second kappa shape index (κ2) is 3.02. The molecule has 0 aromatic rings. The Hall–Kier alpha value is -0.120. The van der Waals surface area contributed by atoms with Crippen LogP contribution in [-0.4, -0.2) is 32.2 Å². The van der Waals surface area contributed by atoms with E-state index in [4.69, 9.17) is 5.73 Å².